The van der Waals surface area contributed by atoms with Crippen LogP contribution in [0.25, 0.3) is 11.1 Å². The average molecular weight is 496 g/mol. The van der Waals surface area contributed by atoms with E-state index in [-0.39, 0.29) is 36.5 Å². The maximum atomic E-state index is 13.4. The second-order valence-corrected chi connectivity index (χ2v) is 8.76. The highest BCUT2D eigenvalue weighted by Gasteiger charge is 2.38. The van der Waals surface area contributed by atoms with E-state index in [1.165, 1.54) is 0 Å². The van der Waals surface area contributed by atoms with Gasteiger partial charge in [-0.3, -0.25) is 9.78 Å². The molecule has 1 saturated heterocycles. The number of halogens is 4. The smallest absolute Gasteiger partial charge is 0.416 e. The Morgan fingerprint density at radius 2 is 2.06 bits per heavy atom. The minimum Gasteiger partial charge on any atom is -0.421 e. The number of oxazole rings is 1. The molecule has 0 bridgehead atoms. The number of benzene rings is 1. The Morgan fingerprint density at radius 3 is 2.82 bits per heavy atom. The molecule has 1 aromatic carbocycles. The van der Waals surface area contributed by atoms with E-state index in [0.717, 1.165) is 12.1 Å². The molecule has 12 heteroatoms. The van der Waals surface area contributed by atoms with E-state index in [0.29, 0.717) is 41.1 Å². The number of ether oxygens (including phenoxy) is 1. The molecule has 2 atom stereocenters. The molecule has 0 saturated carbocycles. The number of anilines is 2. The van der Waals surface area contributed by atoms with Crippen LogP contribution in [0.15, 0.2) is 28.9 Å². The Hall–Kier alpha value is -3.05. The van der Waals surface area contributed by atoms with Gasteiger partial charge in [-0.05, 0) is 36.6 Å². The summed E-state index contributed by atoms with van der Waals surface area (Å²) in [6.07, 6.45) is -1.83. The number of amides is 1. The van der Waals surface area contributed by atoms with Crippen molar-refractivity contribution >= 4 is 40.3 Å². The number of nitrogen functional groups attached to an aromatic ring is 1. The van der Waals surface area contributed by atoms with Crippen LogP contribution in [0.2, 0.25) is 5.02 Å². The molecule has 2 aromatic heterocycles. The molecule has 5 rings (SSSR count). The Labute approximate surface area is 197 Å². The third-order valence-corrected chi connectivity index (χ3v) is 6.62. The number of aromatic nitrogens is 2. The molecule has 34 heavy (non-hydrogen) atoms. The summed E-state index contributed by atoms with van der Waals surface area (Å²) in [4.78, 5) is 25.2. The molecule has 8 nitrogen and oxygen atoms in total. The minimum absolute atomic E-state index is 0.00155. The summed E-state index contributed by atoms with van der Waals surface area (Å²) in [6.45, 7) is 3.08. The van der Waals surface area contributed by atoms with Crippen LogP contribution in [0.3, 0.4) is 0 Å². The molecular formula is C22H21ClF3N5O3. The number of carbonyl (C=O) groups excluding carboxylic acids is 1. The number of nitrogens with zero attached hydrogens (tertiary/aromatic N) is 4. The standard InChI is InChI=1S/C22H21ClF3N5O3/c1-11-18-12(6-13(7-14(18)23)22(24,25)26)2-3-31(11)20(32)17-10-30(4-5-33-17)16-9-28-8-15-19(16)34-21(27)29-15/h6-9,11,17H,2-5,10H2,1H3,(H2,27,29)/t11-,17+/m0/s1. The molecule has 1 amide bonds. The van der Waals surface area contributed by atoms with Gasteiger partial charge >= 0.3 is 6.18 Å². The lowest BCUT2D eigenvalue weighted by atomic mass is 9.91. The monoisotopic (exact) mass is 495 g/mol. The Bertz CT molecular complexity index is 1260. The molecule has 2 N–H and O–H groups in total. The SMILES string of the molecule is C[C@H]1c2c(Cl)cc(C(F)(F)F)cc2CCN1C(=O)[C@H]1CN(c2cncc3nc(N)oc23)CCO1. The van der Waals surface area contributed by atoms with E-state index in [1.54, 1.807) is 24.2 Å². The predicted octanol–water partition coefficient (Wildman–Crippen LogP) is 3.83. The van der Waals surface area contributed by atoms with Crippen molar-refractivity contribution in [1.82, 2.24) is 14.9 Å². The van der Waals surface area contributed by atoms with Gasteiger partial charge in [-0.25, -0.2) is 0 Å². The van der Waals surface area contributed by atoms with Gasteiger partial charge in [0.2, 0.25) is 0 Å². The van der Waals surface area contributed by atoms with Gasteiger partial charge in [0.15, 0.2) is 11.7 Å². The first-order valence-corrected chi connectivity index (χ1v) is 11.1. The van der Waals surface area contributed by atoms with Crippen LogP contribution in [-0.4, -0.2) is 53.1 Å². The summed E-state index contributed by atoms with van der Waals surface area (Å²) in [5, 5.41) is 0.00155. The van der Waals surface area contributed by atoms with E-state index in [1.807, 2.05) is 4.90 Å². The highest BCUT2D eigenvalue weighted by molar-refractivity contribution is 6.31. The van der Waals surface area contributed by atoms with Crippen molar-refractivity contribution in [3.8, 4) is 0 Å². The van der Waals surface area contributed by atoms with Crippen LogP contribution in [0.5, 0.6) is 0 Å². The van der Waals surface area contributed by atoms with E-state index in [4.69, 9.17) is 26.5 Å². The van der Waals surface area contributed by atoms with E-state index < -0.39 is 23.9 Å². The summed E-state index contributed by atoms with van der Waals surface area (Å²) < 4.78 is 50.9. The van der Waals surface area contributed by atoms with Gasteiger partial charge in [-0.2, -0.15) is 18.2 Å². The lowest BCUT2D eigenvalue weighted by Gasteiger charge is -2.40. The number of fused-ring (bicyclic) bond motifs is 2. The third-order valence-electron chi connectivity index (χ3n) is 6.31. The zero-order valence-corrected chi connectivity index (χ0v) is 18.9. The van der Waals surface area contributed by atoms with Gasteiger partial charge in [0.05, 0.1) is 37.2 Å². The molecule has 1 fully saturated rings. The van der Waals surface area contributed by atoms with E-state index in [2.05, 4.69) is 9.97 Å². The zero-order chi connectivity index (χ0) is 24.2. The van der Waals surface area contributed by atoms with Crippen LogP contribution in [0.4, 0.5) is 24.9 Å². The van der Waals surface area contributed by atoms with Gasteiger partial charge in [0.1, 0.15) is 11.2 Å². The molecule has 3 aromatic rings. The lowest BCUT2D eigenvalue weighted by Crippen LogP contribution is -2.53. The van der Waals surface area contributed by atoms with Crippen LogP contribution < -0.4 is 10.6 Å². The Kier molecular flexibility index (Phi) is 5.56. The molecule has 4 heterocycles. The van der Waals surface area contributed by atoms with Gasteiger partial charge < -0.3 is 24.7 Å². The fraction of sp³-hybridized carbons (Fsp3) is 0.409. The van der Waals surface area contributed by atoms with Crippen LogP contribution in [0, 0.1) is 0 Å². The number of hydrogen-bond acceptors (Lipinski definition) is 7. The second kappa shape index (κ2) is 8.31. The highest BCUT2D eigenvalue weighted by Crippen LogP contribution is 2.40. The van der Waals surface area contributed by atoms with Crippen molar-refractivity contribution < 1.29 is 27.1 Å². The molecule has 2 aliphatic heterocycles. The summed E-state index contributed by atoms with van der Waals surface area (Å²) >= 11 is 6.25. The highest BCUT2D eigenvalue weighted by atomic mass is 35.5. The normalized spacial score (nSPS) is 21.1. The number of carbonyl (C=O) groups is 1. The van der Waals surface area contributed by atoms with Crippen LogP contribution >= 0.6 is 11.6 Å². The van der Waals surface area contributed by atoms with Crippen molar-refractivity contribution in [2.24, 2.45) is 0 Å². The van der Waals surface area contributed by atoms with Crippen molar-refractivity contribution in [3.05, 3.63) is 46.2 Å². The van der Waals surface area contributed by atoms with E-state index >= 15 is 0 Å². The molecule has 0 spiro atoms. The first-order valence-electron chi connectivity index (χ1n) is 10.7. The summed E-state index contributed by atoms with van der Waals surface area (Å²) in [7, 11) is 0. The average Bonchev–Trinajstić information content (AvgIpc) is 3.18. The Morgan fingerprint density at radius 1 is 1.26 bits per heavy atom. The minimum atomic E-state index is -4.49. The topological polar surface area (TPSA) is 97.7 Å². The molecular weight excluding hydrogens is 475 g/mol. The fourth-order valence-corrected chi connectivity index (χ4v) is 5.09. The number of pyridine rings is 1. The first-order chi connectivity index (χ1) is 16.1. The number of hydrogen-bond donors (Lipinski definition) is 1. The first kappa shape index (κ1) is 22.7. The number of morpholine rings is 1. The molecule has 0 radical (unpaired) electrons. The molecule has 0 aliphatic carbocycles. The van der Waals surface area contributed by atoms with Crippen LogP contribution in [-0.2, 0) is 22.1 Å². The summed E-state index contributed by atoms with van der Waals surface area (Å²) in [5.74, 6) is -0.254. The van der Waals surface area contributed by atoms with Crippen LogP contribution in [0.1, 0.15) is 29.7 Å². The molecule has 0 unspecified atom stereocenters. The number of rotatable bonds is 2. The third kappa shape index (κ3) is 3.92. The fourth-order valence-electron chi connectivity index (χ4n) is 4.69. The maximum Gasteiger partial charge on any atom is 0.416 e. The van der Waals surface area contributed by atoms with Crippen molar-refractivity contribution in [2.45, 2.75) is 31.7 Å². The maximum absolute atomic E-state index is 13.4. The van der Waals surface area contributed by atoms with Gasteiger partial charge in [-0.1, -0.05) is 11.6 Å². The second-order valence-electron chi connectivity index (χ2n) is 8.35. The predicted molar refractivity (Wildman–Crippen MR) is 118 cm³/mol. The number of alkyl halides is 3. The molecule has 2 aliphatic rings. The quantitative estimate of drug-likeness (QED) is 0.577. The van der Waals surface area contributed by atoms with Crippen molar-refractivity contribution in [1.29, 1.82) is 0 Å². The van der Waals surface area contributed by atoms with Gasteiger partial charge in [0.25, 0.3) is 11.9 Å². The lowest BCUT2D eigenvalue weighted by molar-refractivity contribution is -0.147. The number of nitrogens with two attached hydrogens (primary N) is 1. The summed E-state index contributed by atoms with van der Waals surface area (Å²) in [6, 6.07) is 1.57. The van der Waals surface area contributed by atoms with Crippen molar-refractivity contribution in [2.75, 3.05) is 36.9 Å². The zero-order valence-electron chi connectivity index (χ0n) is 18.1. The summed E-state index contributed by atoms with van der Waals surface area (Å²) in [5.41, 5.74) is 7.58. The van der Waals surface area contributed by atoms with Gasteiger partial charge in [0, 0.05) is 18.1 Å². The van der Waals surface area contributed by atoms with Crippen molar-refractivity contribution in [3.63, 3.8) is 0 Å². The Balaban J connectivity index is 1.38. The largest absolute Gasteiger partial charge is 0.421 e. The van der Waals surface area contributed by atoms with Gasteiger partial charge in [-0.15, -0.1) is 0 Å². The molecule has 180 valence electrons. The van der Waals surface area contributed by atoms with E-state index in [9.17, 15) is 18.0 Å².